The molecule has 5 rings (SSSR count). The van der Waals surface area contributed by atoms with Crippen LogP contribution < -0.4 is 5.32 Å². The zero-order valence-electron chi connectivity index (χ0n) is 19.3. The van der Waals surface area contributed by atoms with Gasteiger partial charge in [0.2, 0.25) is 5.91 Å². The minimum absolute atomic E-state index is 0.0553. The maximum absolute atomic E-state index is 13.4. The number of halogens is 1. The number of pyridine rings is 1. The van der Waals surface area contributed by atoms with Gasteiger partial charge in [-0.25, -0.2) is 14.1 Å². The van der Waals surface area contributed by atoms with Gasteiger partial charge in [-0.2, -0.15) is 5.10 Å². The number of hydrogen-bond acceptors (Lipinski definition) is 4. The summed E-state index contributed by atoms with van der Waals surface area (Å²) in [7, 11) is 0. The van der Waals surface area contributed by atoms with Gasteiger partial charge in [0.1, 0.15) is 12.4 Å². The highest BCUT2D eigenvalue weighted by atomic mass is 19.1. The SMILES string of the molecule is Cc1nn(CC(=O)Nc2ccc(CN3CCCCC3)cc2)c2nccc(-c3ccc(F)cc3)c12. The van der Waals surface area contributed by atoms with E-state index < -0.39 is 0 Å². The van der Waals surface area contributed by atoms with Crippen molar-refractivity contribution in [2.75, 3.05) is 18.4 Å². The fourth-order valence-electron chi connectivity index (χ4n) is 4.67. The van der Waals surface area contributed by atoms with Crippen molar-refractivity contribution in [1.82, 2.24) is 19.7 Å². The Hall–Kier alpha value is -3.58. The Morgan fingerprint density at radius 1 is 1.00 bits per heavy atom. The number of aromatic nitrogens is 3. The average Bonchev–Trinajstić information content (AvgIpc) is 3.17. The molecule has 0 unspecified atom stereocenters. The molecule has 0 saturated carbocycles. The van der Waals surface area contributed by atoms with Crippen molar-refractivity contribution < 1.29 is 9.18 Å². The maximum atomic E-state index is 13.4. The molecule has 174 valence electrons. The quantitative estimate of drug-likeness (QED) is 0.434. The summed E-state index contributed by atoms with van der Waals surface area (Å²) >= 11 is 0. The summed E-state index contributed by atoms with van der Waals surface area (Å²) in [6.45, 7) is 5.22. The minimum Gasteiger partial charge on any atom is -0.324 e. The molecule has 0 atom stereocenters. The smallest absolute Gasteiger partial charge is 0.246 e. The first-order valence-electron chi connectivity index (χ1n) is 11.8. The zero-order valence-corrected chi connectivity index (χ0v) is 19.3. The second-order valence-electron chi connectivity index (χ2n) is 8.89. The third-order valence-electron chi connectivity index (χ3n) is 6.35. The molecule has 0 spiro atoms. The van der Waals surface area contributed by atoms with Crippen LogP contribution in [0.5, 0.6) is 0 Å². The van der Waals surface area contributed by atoms with E-state index in [4.69, 9.17) is 0 Å². The molecule has 1 aliphatic heterocycles. The molecule has 2 aromatic heterocycles. The molecule has 7 heteroatoms. The summed E-state index contributed by atoms with van der Waals surface area (Å²) in [6.07, 6.45) is 5.57. The number of amides is 1. The van der Waals surface area contributed by atoms with E-state index in [1.165, 1.54) is 37.0 Å². The van der Waals surface area contributed by atoms with Crippen molar-refractivity contribution >= 4 is 22.6 Å². The summed E-state index contributed by atoms with van der Waals surface area (Å²) in [5.41, 5.74) is 5.22. The van der Waals surface area contributed by atoms with Crippen LogP contribution in [0.3, 0.4) is 0 Å². The molecule has 1 fully saturated rings. The fourth-order valence-corrected chi connectivity index (χ4v) is 4.67. The number of carbonyl (C=O) groups is 1. The lowest BCUT2D eigenvalue weighted by Gasteiger charge is -2.26. The topological polar surface area (TPSA) is 63.1 Å². The number of likely N-dealkylation sites (tertiary alicyclic amines) is 1. The number of fused-ring (bicyclic) bond motifs is 1. The van der Waals surface area contributed by atoms with Crippen LogP contribution in [-0.2, 0) is 17.9 Å². The number of piperidine rings is 1. The third kappa shape index (κ3) is 4.84. The molecule has 1 amide bonds. The number of benzene rings is 2. The largest absolute Gasteiger partial charge is 0.324 e. The molecular formula is C27H28FN5O. The highest BCUT2D eigenvalue weighted by molar-refractivity contribution is 5.96. The van der Waals surface area contributed by atoms with Gasteiger partial charge in [0.05, 0.1) is 5.69 Å². The predicted octanol–water partition coefficient (Wildman–Crippen LogP) is 5.17. The average molecular weight is 458 g/mol. The number of rotatable bonds is 6. The normalized spacial score (nSPS) is 14.4. The molecule has 1 N–H and O–H groups in total. The third-order valence-corrected chi connectivity index (χ3v) is 6.35. The molecule has 6 nitrogen and oxygen atoms in total. The lowest BCUT2D eigenvalue weighted by atomic mass is 10.0. The molecule has 3 heterocycles. The van der Waals surface area contributed by atoms with E-state index in [1.807, 2.05) is 25.1 Å². The van der Waals surface area contributed by atoms with Crippen molar-refractivity contribution in [3.05, 3.63) is 77.9 Å². The molecule has 1 saturated heterocycles. The van der Waals surface area contributed by atoms with Gasteiger partial charge >= 0.3 is 0 Å². The second kappa shape index (κ2) is 9.73. The van der Waals surface area contributed by atoms with E-state index in [0.717, 1.165) is 47.5 Å². The first kappa shape index (κ1) is 22.2. The van der Waals surface area contributed by atoms with Crippen molar-refractivity contribution in [2.24, 2.45) is 0 Å². The Morgan fingerprint density at radius 3 is 2.47 bits per heavy atom. The molecule has 4 aromatic rings. The Morgan fingerprint density at radius 2 is 1.74 bits per heavy atom. The first-order valence-corrected chi connectivity index (χ1v) is 11.8. The van der Waals surface area contributed by atoms with Crippen molar-refractivity contribution in [1.29, 1.82) is 0 Å². The highest BCUT2D eigenvalue weighted by Gasteiger charge is 2.16. The van der Waals surface area contributed by atoms with Gasteiger partial charge in [-0.05, 0) is 79.9 Å². The summed E-state index contributed by atoms with van der Waals surface area (Å²) in [6, 6.07) is 16.3. The van der Waals surface area contributed by atoms with Crippen LogP contribution in [0, 0.1) is 12.7 Å². The molecule has 0 aliphatic carbocycles. The molecule has 1 aliphatic rings. The van der Waals surface area contributed by atoms with E-state index in [0.29, 0.717) is 5.65 Å². The van der Waals surface area contributed by atoms with E-state index >= 15 is 0 Å². The van der Waals surface area contributed by atoms with Gasteiger partial charge in [0.25, 0.3) is 0 Å². The van der Waals surface area contributed by atoms with Gasteiger partial charge in [-0.1, -0.05) is 30.7 Å². The molecule has 34 heavy (non-hydrogen) atoms. The van der Waals surface area contributed by atoms with E-state index in [-0.39, 0.29) is 18.3 Å². The van der Waals surface area contributed by atoms with Crippen molar-refractivity contribution in [2.45, 2.75) is 39.3 Å². The van der Waals surface area contributed by atoms with Crippen LogP contribution in [0.4, 0.5) is 10.1 Å². The molecular weight excluding hydrogens is 429 g/mol. The van der Waals surface area contributed by atoms with Crippen LogP contribution in [-0.4, -0.2) is 38.7 Å². The van der Waals surface area contributed by atoms with E-state index in [2.05, 4.69) is 32.4 Å². The van der Waals surface area contributed by atoms with Gasteiger partial charge < -0.3 is 5.32 Å². The Bertz CT molecular complexity index is 1290. The number of hydrogen-bond donors (Lipinski definition) is 1. The summed E-state index contributed by atoms with van der Waals surface area (Å²) in [5.74, 6) is -0.445. The summed E-state index contributed by atoms with van der Waals surface area (Å²) in [5, 5.41) is 8.40. The first-order chi connectivity index (χ1) is 16.6. The number of nitrogens with zero attached hydrogens (tertiary/aromatic N) is 4. The number of carbonyl (C=O) groups excluding carboxylic acids is 1. The van der Waals surface area contributed by atoms with Crippen LogP contribution in [0.2, 0.25) is 0 Å². The van der Waals surface area contributed by atoms with Gasteiger partial charge in [0, 0.05) is 23.8 Å². The minimum atomic E-state index is -0.280. The van der Waals surface area contributed by atoms with Gasteiger partial charge in [-0.3, -0.25) is 9.69 Å². The van der Waals surface area contributed by atoms with Crippen LogP contribution in [0.15, 0.2) is 60.8 Å². The van der Waals surface area contributed by atoms with Crippen LogP contribution >= 0.6 is 0 Å². The molecule has 2 aromatic carbocycles. The predicted molar refractivity (Wildman–Crippen MR) is 132 cm³/mol. The lowest BCUT2D eigenvalue weighted by molar-refractivity contribution is -0.116. The van der Waals surface area contributed by atoms with Gasteiger partial charge in [-0.15, -0.1) is 0 Å². The monoisotopic (exact) mass is 457 g/mol. The Balaban J connectivity index is 1.29. The Labute approximate surface area is 198 Å². The van der Waals surface area contributed by atoms with Crippen LogP contribution in [0.1, 0.15) is 30.5 Å². The van der Waals surface area contributed by atoms with Crippen LogP contribution in [0.25, 0.3) is 22.2 Å². The van der Waals surface area contributed by atoms with E-state index in [9.17, 15) is 9.18 Å². The van der Waals surface area contributed by atoms with E-state index in [1.54, 1.807) is 23.0 Å². The number of anilines is 1. The number of aryl methyl sites for hydroxylation is 1. The number of nitrogens with one attached hydrogen (secondary N) is 1. The van der Waals surface area contributed by atoms with Gasteiger partial charge in [0.15, 0.2) is 5.65 Å². The fraction of sp³-hybridized carbons (Fsp3) is 0.296. The Kier molecular flexibility index (Phi) is 6.36. The standard InChI is InChI=1S/C27H28FN5O/c1-19-26-24(21-7-9-22(28)10-8-21)13-14-29-27(26)33(31-19)18-25(34)30-23-11-5-20(6-12-23)17-32-15-3-2-4-16-32/h5-14H,2-4,15-18H2,1H3,(H,30,34). The zero-order chi connectivity index (χ0) is 23.5. The van der Waals surface area contributed by atoms with Crippen molar-refractivity contribution in [3.63, 3.8) is 0 Å². The summed E-state index contributed by atoms with van der Waals surface area (Å²) < 4.78 is 15.0. The van der Waals surface area contributed by atoms with Crippen molar-refractivity contribution in [3.8, 4) is 11.1 Å². The highest BCUT2D eigenvalue weighted by Crippen LogP contribution is 2.30. The molecule has 0 radical (unpaired) electrons. The molecule has 0 bridgehead atoms. The second-order valence-corrected chi connectivity index (χ2v) is 8.89. The lowest BCUT2D eigenvalue weighted by Crippen LogP contribution is -2.29. The maximum Gasteiger partial charge on any atom is 0.246 e. The summed E-state index contributed by atoms with van der Waals surface area (Å²) in [4.78, 5) is 19.7.